The quantitative estimate of drug-likeness (QED) is 0.860. The summed E-state index contributed by atoms with van der Waals surface area (Å²) in [5.41, 5.74) is 5.97. The van der Waals surface area contributed by atoms with Crippen molar-refractivity contribution in [1.82, 2.24) is 9.78 Å². The van der Waals surface area contributed by atoms with Gasteiger partial charge in [-0.3, -0.25) is 9.48 Å². The van der Waals surface area contributed by atoms with Crippen LogP contribution < -0.4 is 5.73 Å². The van der Waals surface area contributed by atoms with Crippen LogP contribution in [0, 0.1) is 0 Å². The lowest BCUT2D eigenvalue weighted by molar-refractivity contribution is 0.0996. The van der Waals surface area contributed by atoms with Crippen LogP contribution in [0.25, 0.3) is 0 Å². The molecule has 0 aromatic carbocycles. The second kappa shape index (κ2) is 5.49. The third-order valence-electron chi connectivity index (χ3n) is 2.53. The molecule has 2 aromatic rings. The zero-order chi connectivity index (χ0) is 13.1. The Labute approximate surface area is 113 Å². The van der Waals surface area contributed by atoms with Crippen molar-refractivity contribution < 1.29 is 9.21 Å². The molecule has 0 radical (unpaired) electrons. The van der Waals surface area contributed by atoms with E-state index in [2.05, 4.69) is 21.0 Å². The summed E-state index contributed by atoms with van der Waals surface area (Å²) in [4.78, 5) is 12.3. The molecule has 18 heavy (non-hydrogen) atoms. The highest BCUT2D eigenvalue weighted by Gasteiger charge is 2.21. The smallest absolute Gasteiger partial charge is 0.247 e. The maximum absolute atomic E-state index is 12.3. The lowest BCUT2D eigenvalue weighted by Gasteiger charge is -2.04. The number of ketones is 1. The summed E-state index contributed by atoms with van der Waals surface area (Å²) in [6, 6.07) is 3.35. The summed E-state index contributed by atoms with van der Waals surface area (Å²) in [5.74, 6) is 0.692. The normalized spacial score (nSPS) is 10.8. The Morgan fingerprint density at radius 1 is 1.56 bits per heavy atom. The van der Waals surface area contributed by atoms with Crippen molar-refractivity contribution in [2.75, 3.05) is 0 Å². The predicted octanol–water partition coefficient (Wildman–Crippen LogP) is 2.34. The van der Waals surface area contributed by atoms with Crippen LogP contribution in [0.2, 0.25) is 0 Å². The first-order valence-corrected chi connectivity index (χ1v) is 6.51. The Morgan fingerprint density at radius 2 is 2.33 bits per heavy atom. The fraction of sp³-hybridized carbons (Fsp3) is 0.333. The molecule has 0 aliphatic rings. The molecule has 2 aromatic heterocycles. The fourth-order valence-electron chi connectivity index (χ4n) is 1.70. The molecule has 0 unspecified atom stereocenters. The molecule has 0 amide bonds. The number of hydrogen-bond donors (Lipinski definition) is 1. The van der Waals surface area contributed by atoms with Crippen LogP contribution in [0.5, 0.6) is 0 Å². The van der Waals surface area contributed by atoms with E-state index in [1.54, 1.807) is 23.0 Å². The van der Waals surface area contributed by atoms with Crippen LogP contribution in [0.1, 0.15) is 35.4 Å². The highest BCUT2D eigenvalue weighted by atomic mass is 79.9. The Hall–Kier alpha value is -1.40. The van der Waals surface area contributed by atoms with Gasteiger partial charge in [0, 0.05) is 6.54 Å². The van der Waals surface area contributed by atoms with Crippen molar-refractivity contribution in [1.29, 1.82) is 0 Å². The first kappa shape index (κ1) is 13.0. The van der Waals surface area contributed by atoms with E-state index in [4.69, 9.17) is 10.2 Å². The molecule has 6 heteroatoms. The molecule has 2 N–H and O–H groups in total. The molecule has 2 heterocycles. The van der Waals surface area contributed by atoms with Gasteiger partial charge in [-0.1, -0.05) is 6.92 Å². The molecule has 0 aliphatic carbocycles. The summed E-state index contributed by atoms with van der Waals surface area (Å²) in [5, 5.41) is 4.16. The first-order chi connectivity index (χ1) is 8.67. The van der Waals surface area contributed by atoms with Crippen molar-refractivity contribution in [2.24, 2.45) is 5.73 Å². The number of nitrogens with two attached hydrogens (primary N) is 1. The van der Waals surface area contributed by atoms with Crippen LogP contribution in [0.4, 0.5) is 0 Å². The predicted molar refractivity (Wildman–Crippen MR) is 70.2 cm³/mol. The van der Waals surface area contributed by atoms with E-state index in [1.807, 2.05) is 6.92 Å². The maximum atomic E-state index is 12.3. The zero-order valence-electron chi connectivity index (χ0n) is 10.0. The zero-order valence-corrected chi connectivity index (χ0v) is 11.6. The van der Waals surface area contributed by atoms with Crippen molar-refractivity contribution in [3.63, 3.8) is 0 Å². The van der Waals surface area contributed by atoms with E-state index < -0.39 is 0 Å². The van der Waals surface area contributed by atoms with Crippen molar-refractivity contribution in [3.05, 3.63) is 40.0 Å². The lowest BCUT2D eigenvalue weighted by Crippen LogP contribution is -2.11. The van der Waals surface area contributed by atoms with Gasteiger partial charge in [0.25, 0.3) is 0 Å². The lowest BCUT2D eigenvalue weighted by atomic mass is 10.2. The molecule has 0 bridgehead atoms. The van der Waals surface area contributed by atoms with Crippen LogP contribution in [-0.2, 0) is 13.1 Å². The molecule has 0 fully saturated rings. The summed E-state index contributed by atoms with van der Waals surface area (Å²) in [7, 11) is 0. The van der Waals surface area contributed by atoms with E-state index >= 15 is 0 Å². The van der Waals surface area contributed by atoms with Gasteiger partial charge in [0.2, 0.25) is 5.78 Å². The van der Waals surface area contributed by atoms with Crippen molar-refractivity contribution in [2.45, 2.75) is 26.4 Å². The van der Waals surface area contributed by atoms with E-state index in [0.29, 0.717) is 22.5 Å². The summed E-state index contributed by atoms with van der Waals surface area (Å²) in [6.07, 6.45) is 2.52. The molecular formula is C12H14BrN3O2. The number of furan rings is 1. The number of hydrogen-bond acceptors (Lipinski definition) is 4. The highest BCUT2D eigenvalue weighted by Crippen LogP contribution is 2.21. The first-order valence-electron chi connectivity index (χ1n) is 5.72. The molecule has 0 aliphatic heterocycles. The molecule has 5 nitrogen and oxygen atoms in total. The molecule has 0 atom stereocenters. The summed E-state index contributed by atoms with van der Waals surface area (Å²) >= 11 is 3.34. The molecule has 96 valence electrons. The van der Waals surface area contributed by atoms with Gasteiger partial charge in [0.15, 0.2) is 5.76 Å². The monoisotopic (exact) mass is 311 g/mol. The molecule has 2 rings (SSSR count). The molecular weight excluding hydrogens is 298 g/mol. The Bertz CT molecular complexity index is 559. The topological polar surface area (TPSA) is 74.0 Å². The van der Waals surface area contributed by atoms with Gasteiger partial charge in [-0.25, -0.2) is 0 Å². The average Bonchev–Trinajstić information content (AvgIpc) is 2.96. The van der Waals surface area contributed by atoms with E-state index in [1.165, 1.54) is 0 Å². The van der Waals surface area contributed by atoms with E-state index in [0.717, 1.165) is 6.42 Å². The van der Waals surface area contributed by atoms with Crippen molar-refractivity contribution in [3.8, 4) is 0 Å². The number of carbonyl (C=O) groups is 1. The van der Waals surface area contributed by atoms with Gasteiger partial charge < -0.3 is 10.2 Å². The third-order valence-corrected chi connectivity index (χ3v) is 3.11. The van der Waals surface area contributed by atoms with Crippen LogP contribution in [0.3, 0.4) is 0 Å². The van der Waals surface area contributed by atoms with Gasteiger partial charge in [-0.05, 0) is 34.5 Å². The SMILES string of the molecule is CCCn1ncc(Br)c1C(=O)c1ccc(CN)o1. The van der Waals surface area contributed by atoms with Gasteiger partial charge in [0.1, 0.15) is 11.5 Å². The number of carbonyl (C=O) groups excluding carboxylic acids is 1. The Morgan fingerprint density at radius 3 is 2.94 bits per heavy atom. The minimum atomic E-state index is -0.187. The third kappa shape index (κ3) is 2.39. The second-order valence-corrected chi connectivity index (χ2v) is 4.72. The standard InChI is InChI=1S/C12H14BrN3O2/c1-2-5-16-11(9(13)7-15-16)12(17)10-4-3-8(6-14)18-10/h3-4,7H,2,5-6,14H2,1H3. The van der Waals surface area contributed by atoms with Crippen LogP contribution >= 0.6 is 15.9 Å². The van der Waals surface area contributed by atoms with E-state index in [-0.39, 0.29) is 18.1 Å². The number of rotatable bonds is 5. The van der Waals surface area contributed by atoms with Gasteiger partial charge in [0.05, 0.1) is 17.2 Å². The Balaban J connectivity index is 2.35. The van der Waals surface area contributed by atoms with Gasteiger partial charge >= 0.3 is 0 Å². The van der Waals surface area contributed by atoms with Gasteiger partial charge in [-0.15, -0.1) is 0 Å². The minimum Gasteiger partial charge on any atom is -0.456 e. The van der Waals surface area contributed by atoms with E-state index in [9.17, 15) is 4.79 Å². The summed E-state index contributed by atoms with van der Waals surface area (Å²) in [6.45, 7) is 3.00. The number of halogens is 1. The number of nitrogens with zero attached hydrogens (tertiary/aromatic N) is 2. The van der Waals surface area contributed by atoms with Crippen molar-refractivity contribution >= 4 is 21.7 Å². The summed E-state index contributed by atoms with van der Waals surface area (Å²) < 4.78 is 7.72. The number of aryl methyl sites for hydroxylation is 1. The molecule has 0 saturated heterocycles. The average molecular weight is 312 g/mol. The fourth-order valence-corrected chi connectivity index (χ4v) is 2.17. The van der Waals surface area contributed by atoms with Crippen LogP contribution in [0.15, 0.2) is 27.2 Å². The van der Waals surface area contributed by atoms with Crippen LogP contribution in [-0.4, -0.2) is 15.6 Å². The second-order valence-electron chi connectivity index (χ2n) is 3.86. The maximum Gasteiger partial charge on any atom is 0.247 e. The molecule has 0 saturated carbocycles. The number of aromatic nitrogens is 2. The highest BCUT2D eigenvalue weighted by molar-refractivity contribution is 9.10. The van der Waals surface area contributed by atoms with Gasteiger partial charge in [-0.2, -0.15) is 5.10 Å². The minimum absolute atomic E-state index is 0.187. The largest absolute Gasteiger partial charge is 0.456 e. The molecule has 0 spiro atoms. The Kier molecular flexibility index (Phi) is 3.98.